The molecule has 1 N–H and O–H groups in total. The molecule has 1 saturated carbocycles. The summed E-state index contributed by atoms with van der Waals surface area (Å²) in [4.78, 5) is 2.59. The van der Waals surface area contributed by atoms with Crippen molar-refractivity contribution in [3.8, 4) is 0 Å². The van der Waals surface area contributed by atoms with Gasteiger partial charge in [-0.25, -0.2) is 0 Å². The summed E-state index contributed by atoms with van der Waals surface area (Å²) in [5, 5.41) is 3.85. The van der Waals surface area contributed by atoms with E-state index in [1.807, 2.05) is 6.92 Å². The third kappa shape index (κ3) is 3.35. The van der Waals surface area contributed by atoms with Crippen LogP contribution in [0.25, 0.3) is 0 Å². The predicted octanol–water partition coefficient (Wildman–Crippen LogP) is 3.89. The molecule has 0 radical (unpaired) electrons. The van der Waals surface area contributed by atoms with Crippen LogP contribution in [0.4, 0.5) is 0 Å². The molecule has 1 aliphatic heterocycles. The highest BCUT2D eigenvalue weighted by Crippen LogP contribution is 2.37. The lowest BCUT2D eigenvalue weighted by atomic mass is 9.87. The lowest BCUT2D eigenvalue weighted by molar-refractivity contribution is 0.187. The van der Waals surface area contributed by atoms with Crippen molar-refractivity contribution >= 4 is 0 Å². The molecule has 0 aromatic carbocycles. The quantitative estimate of drug-likeness (QED) is 0.891. The first kappa shape index (κ1) is 15.1. The molecule has 3 nitrogen and oxygen atoms in total. The minimum atomic E-state index is 0.401. The van der Waals surface area contributed by atoms with Crippen LogP contribution >= 0.6 is 0 Å². The van der Waals surface area contributed by atoms with Crippen LogP contribution < -0.4 is 5.32 Å². The first-order valence-corrected chi connectivity index (χ1v) is 8.60. The van der Waals surface area contributed by atoms with Crippen LogP contribution in [0.15, 0.2) is 16.5 Å². The highest BCUT2D eigenvalue weighted by atomic mass is 16.3. The summed E-state index contributed by atoms with van der Waals surface area (Å²) in [7, 11) is 0. The summed E-state index contributed by atoms with van der Waals surface area (Å²) in [6.07, 6.45) is 6.67. The Bertz CT molecular complexity index is 460. The van der Waals surface area contributed by atoms with Crippen molar-refractivity contribution in [3.63, 3.8) is 0 Å². The topological polar surface area (TPSA) is 28.4 Å². The monoisotopic (exact) mass is 290 g/mol. The second kappa shape index (κ2) is 6.13. The standard InChI is InChI=1S/C18H30N2O/c1-14-8-9-16(21-14)15(20-11-4-5-12-20)13-19-17-7-6-10-18(17,2)3/h8-9,15,17,19H,4-7,10-13H2,1-3H3. The Balaban J connectivity index is 1.67. The van der Waals surface area contributed by atoms with Gasteiger partial charge in [0.15, 0.2) is 0 Å². The fourth-order valence-electron chi connectivity index (χ4n) is 4.05. The van der Waals surface area contributed by atoms with Gasteiger partial charge >= 0.3 is 0 Å². The fourth-order valence-corrected chi connectivity index (χ4v) is 4.05. The van der Waals surface area contributed by atoms with E-state index in [-0.39, 0.29) is 0 Å². The SMILES string of the molecule is Cc1ccc(C(CNC2CCCC2(C)C)N2CCCC2)o1. The van der Waals surface area contributed by atoms with Crippen LogP contribution in [0.2, 0.25) is 0 Å². The van der Waals surface area contributed by atoms with Crippen LogP contribution in [0.1, 0.15) is 63.5 Å². The molecule has 1 aliphatic carbocycles. The van der Waals surface area contributed by atoms with E-state index in [1.165, 1.54) is 45.2 Å². The zero-order valence-corrected chi connectivity index (χ0v) is 13.8. The summed E-state index contributed by atoms with van der Waals surface area (Å²) in [6.45, 7) is 10.3. The van der Waals surface area contributed by atoms with Gasteiger partial charge in [-0.3, -0.25) is 4.90 Å². The minimum absolute atomic E-state index is 0.401. The summed E-state index contributed by atoms with van der Waals surface area (Å²) in [5.41, 5.74) is 0.439. The van der Waals surface area contributed by atoms with E-state index in [0.717, 1.165) is 18.1 Å². The van der Waals surface area contributed by atoms with Crippen molar-refractivity contribution in [3.05, 3.63) is 23.7 Å². The molecular formula is C18H30N2O. The number of hydrogen-bond donors (Lipinski definition) is 1. The second-order valence-corrected chi connectivity index (χ2v) is 7.55. The second-order valence-electron chi connectivity index (χ2n) is 7.55. The van der Waals surface area contributed by atoms with Crippen LogP contribution in [-0.4, -0.2) is 30.6 Å². The van der Waals surface area contributed by atoms with E-state index in [0.29, 0.717) is 17.5 Å². The molecule has 2 unspecified atom stereocenters. The summed E-state index contributed by atoms with van der Waals surface area (Å²) < 4.78 is 5.94. The molecule has 0 bridgehead atoms. The average molecular weight is 290 g/mol. The summed E-state index contributed by atoms with van der Waals surface area (Å²) >= 11 is 0. The largest absolute Gasteiger partial charge is 0.465 e. The molecule has 2 fully saturated rings. The maximum absolute atomic E-state index is 5.94. The van der Waals surface area contributed by atoms with E-state index < -0.39 is 0 Å². The van der Waals surface area contributed by atoms with Crippen molar-refractivity contribution < 1.29 is 4.42 Å². The fraction of sp³-hybridized carbons (Fsp3) is 0.778. The third-order valence-corrected chi connectivity index (χ3v) is 5.49. The van der Waals surface area contributed by atoms with Gasteiger partial charge in [0.1, 0.15) is 11.5 Å². The van der Waals surface area contributed by atoms with E-state index >= 15 is 0 Å². The highest BCUT2D eigenvalue weighted by Gasteiger charge is 2.35. The first-order chi connectivity index (χ1) is 10.1. The first-order valence-electron chi connectivity index (χ1n) is 8.60. The van der Waals surface area contributed by atoms with E-state index in [4.69, 9.17) is 4.42 Å². The van der Waals surface area contributed by atoms with Gasteiger partial charge in [-0.05, 0) is 63.2 Å². The molecule has 1 aromatic rings. The minimum Gasteiger partial charge on any atom is -0.465 e. The maximum atomic E-state index is 5.94. The van der Waals surface area contributed by atoms with Gasteiger partial charge in [0.05, 0.1) is 6.04 Å². The number of rotatable bonds is 5. The van der Waals surface area contributed by atoms with Crippen molar-refractivity contribution in [2.24, 2.45) is 5.41 Å². The van der Waals surface area contributed by atoms with E-state index in [2.05, 4.69) is 36.2 Å². The van der Waals surface area contributed by atoms with Gasteiger partial charge in [-0.1, -0.05) is 20.3 Å². The molecule has 118 valence electrons. The number of aryl methyl sites for hydroxylation is 1. The number of nitrogens with one attached hydrogen (secondary N) is 1. The molecule has 21 heavy (non-hydrogen) atoms. The van der Waals surface area contributed by atoms with Crippen molar-refractivity contribution in [1.82, 2.24) is 10.2 Å². The van der Waals surface area contributed by atoms with Crippen molar-refractivity contribution in [1.29, 1.82) is 0 Å². The highest BCUT2D eigenvalue weighted by molar-refractivity contribution is 5.11. The lowest BCUT2D eigenvalue weighted by Gasteiger charge is -2.32. The van der Waals surface area contributed by atoms with Crippen LogP contribution in [0.5, 0.6) is 0 Å². The van der Waals surface area contributed by atoms with Gasteiger partial charge in [0, 0.05) is 12.6 Å². The van der Waals surface area contributed by atoms with Gasteiger partial charge in [-0.15, -0.1) is 0 Å². The molecule has 1 aromatic heterocycles. The smallest absolute Gasteiger partial charge is 0.122 e. The molecule has 2 atom stereocenters. The Labute approximate surface area is 129 Å². The molecule has 0 spiro atoms. The summed E-state index contributed by atoms with van der Waals surface area (Å²) in [5.74, 6) is 2.16. The Morgan fingerprint density at radius 3 is 2.62 bits per heavy atom. The zero-order chi connectivity index (χ0) is 14.9. The Morgan fingerprint density at radius 2 is 2.05 bits per heavy atom. The predicted molar refractivity (Wildman–Crippen MR) is 86.4 cm³/mol. The molecule has 0 amide bonds. The zero-order valence-electron chi connectivity index (χ0n) is 13.8. The Kier molecular flexibility index (Phi) is 4.41. The van der Waals surface area contributed by atoms with Gasteiger partial charge in [-0.2, -0.15) is 0 Å². The van der Waals surface area contributed by atoms with Gasteiger partial charge in [0.25, 0.3) is 0 Å². The van der Waals surface area contributed by atoms with Crippen LogP contribution in [-0.2, 0) is 0 Å². The molecule has 2 aliphatic rings. The number of nitrogens with zero attached hydrogens (tertiary/aromatic N) is 1. The normalized spacial score (nSPS) is 27.3. The molecular weight excluding hydrogens is 260 g/mol. The molecule has 1 saturated heterocycles. The molecule has 2 heterocycles. The Morgan fingerprint density at radius 1 is 1.29 bits per heavy atom. The Hall–Kier alpha value is -0.800. The number of furan rings is 1. The van der Waals surface area contributed by atoms with E-state index in [9.17, 15) is 0 Å². The van der Waals surface area contributed by atoms with Gasteiger partial charge < -0.3 is 9.73 Å². The van der Waals surface area contributed by atoms with Crippen molar-refractivity contribution in [2.45, 2.75) is 65.0 Å². The third-order valence-electron chi connectivity index (χ3n) is 5.49. The van der Waals surface area contributed by atoms with Gasteiger partial charge in [0.2, 0.25) is 0 Å². The summed E-state index contributed by atoms with van der Waals surface area (Å²) in [6, 6.07) is 5.31. The number of hydrogen-bond acceptors (Lipinski definition) is 3. The number of likely N-dealkylation sites (tertiary alicyclic amines) is 1. The maximum Gasteiger partial charge on any atom is 0.122 e. The molecule has 3 rings (SSSR count). The van der Waals surface area contributed by atoms with Crippen LogP contribution in [0, 0.1) is 12.3 Å². The molecule has 3 heteroatoms. The van der Waals surface area contributed by atoms with Crippen LogP contribution in [0.3, 0.4) is 0 Å². The average Bonchev–Trinajstić information content (AvgIpc) is 3.13. The van der Waals surface area contributed by atoms with E-state index in [1.54, 1.807) is 0 Å². The van der Waals surface area contributed by atoms with Crippen molar-refractivity contribution in [2.75, 3.05) is 19.6 Å². The lowest BCUT2D eigenvalue weighted by Crippen LogP contribution is -2.43.